The molecule has 2 rings (SSSR count). The highest BCUT2D eigenvalue weighted by Crippen LogP contribution is 2.25. The van der Waals surface area contributed by atoms with Crippen molar-refractivity contribution in [3.63, 3.8) is 0 Å². The molecular formula is C14H17FN2. The van der Waals surface area contributed by atoms with Gasteiger partial charge in [-0.3, -0.25) is 4.98 Å². The maximum Gasteiger partial charge on any atom is 0.131 e. The van der Waals surface area contributed by atoms with Crippen molar-refractivity contribution in [2.24, 2.45) is 11.1 Å². The number of halogens is 1. The minimum absolute atomic E-state index is 0.0202. The van der Waals surface area contributed by atoms with Crippen LogP contribution in [0.4, 0.5) is 4.39 Å². The summed E-state index contributed by atoms with van der Waals surface area (Å²) in [6, 6.07) is 6.81. The molecule has 90 valence electrons. The first kappa shape index (κ1) is 12.0. The van der Waals surface area contributed by atoms with Crippen LogP contribution < -0.4 is 5.73 Å². The average molecular weight is 232 g/mol. The SMILES string of the molecule is CC(C)(CN)Cc1nccc2c(F)cccc12. The molecule has 0 amide bonds. The van der Waals surface area contributed by atoms with Crippen molar-refractivity contribution in [2.45, 2.75) is 20.3 Å². The molecule has 1 heterocycles. The Morgan fingerprint density at radius 1 is 1.24 bits per heavy atom. The normalized spacial score (nSPS) is 12.0. The Labute approximate surface area is 101 Å². The monoisotopic (exact) mass is 232 g/mol. The van der Waals surface area contributed by atoms with Crippen LogP contribution in [-0.4, -0.2) is 11.5 Å². The Balaban J connectivity index is 2.52. The van der Waals surface area contributed by atoms with Crippen LogP contribution in [0.5, 0.6) is 0 Å². The molecule has 0 aliphatic carbocycles. The highest BCUT2D eigenvalue weighted by atomic mass is 19.1. The number of aromatic nitrogens is 1. The summed E-state index contributed by atoms with van der Waals surface area (Å²) in [6.07, 6.45) is 2.41. The van der Waals surface area contributed by atoms with Gasteiger partial charge in [-0.2, -0.15) is 0 Å². The maximum absolute atomic E-state index is 13.6. The fourth-order valence-corrected chi connectivity index (χ4v) is 1.90. The Morgan fingerprint density at radius 2 is 2.00 bits per heavy atom. The van der Waals surface area contributed by atoms with E-state index in [9.17, 15) is 4.39 Å². The quantitative estimate of drug-likeness (QED) is 0.883. The molecule has 0 saturated carbocycles. The molecule has 2 nitrogen and oxygen atoms in total. The van der Waals surface area contributed by atoms with Crippen molar-refractivity contribution in [2.75, 3.05) is 6.54 Å². The molecule has 0 fully saturated rings. The number of benzene rings is 1. The van der Waals surface area contributed by atoms with Crippen molar-refractivity contribution in [1.29, 1.82) is 0 Å². The van der Waals surface area contributed by atoms with Crippen LogP contribution in [0, 0.1) is 11.2 Å². The molecule has 0 atom stereocenters. The number of fused-ring (bicyclic) bond motifs is 1. The van der Waals surface area contributed by atoms with Gasteiger partial charge in [-0.15, -0.1) is 0 Å². The molecule has 3 heteroatoms. The Kier molecular flexibility index (Phi) is 3.11. The number of rotatable bonds is 3. The molecule has 1 aromatic carbocycles. The van der Waals surface area contributed by atoms with Crippen molar-refractivity contribution >= 4 is 10.8 Å². The van der Waals surface area contributed by atoms with Crippen LogP contribution in [0.15, 0.2) is 30.5 Å². The number of nitrogens with zero attached hydrogens (tertiary/aromatic N) is 1. The molecule has 0 radical (unpaired) electrons. The van der Waals surface area contributed by atoms with E-state index < -0.39 is 0 Å². The molecular weight excluding hydrogens is 215 g/mol. The first-order valence-corrected chi connectivity index (χ1v) is 5.76. The summed E-state index contributed by atoms with van der Waals surface area (Å²) in [5, 5.41) is 1.51. The number of hydrogen-bond acceptors (Lipinski definition) is 2. The second-order valence-corrected chi connectivity index (χ2v) is 5.14. The highest BCUT2D eigenvalue weighted by Gasteiger charge is 2.18. The summed E-state index contributed by atoms with van der Waals surface area (Å²) in [5.74, 6) is -0.197. The standard InChI is InChI=1S/C14H17FN2/c1-14(2,9-16)8-13-11-4-3-5-12(15)10(11)6-7-17-13/h3-7H,8-9,16H2,1-2H3. The summed E-state index contributed by atoms with van der Waals surface area (Å²) in [7, 11) is 0. The zero-order valence-corrected chi connectivity index (χ0v) is 10.2. The minimum Gasteiger partial charge on any atom is -0.330 e. The third-order valence-corrected chi connectivity index (χ3v) is 3.03. The zero-order valence-electron chi connectivity index (χ0n) is 10.2. The lowest BCUT2D eigenvalue weighted by Crippen LogP contribution is -2.26. The number of pyridine rings is 1. The van der Waals surface area contributed by atoms with Crippen molar-refractivity contribution in [3.8, 4) is 0 Å². The van der Waals surface area contributed by atoms with Gasteiger partial charge >= 0.3 is 0 Å². The van der Waals surface area contributed by atoms with E-state index in [0.29, 0.717) is 11.9 Å². The Bertz CT molecular complexity index is 535. The lowest BCUT2D eigenvalue weighted by molar-refractivity contribution is 0.374. The van der Waals surface area contributed by atoms with E-state index in [0.717, 1.165) is 17.5 Å². The minimum atomic E-state index is -0.197. The van der Waals surface area contributed by atoms with Crippen LogP contribution in [0.2, 0.25) is 0 Å². The second-order valence-electron chi connectivity index (χ2n) is 5.14. The molecule has 0 aliphatic heterocycles. The van der Waals surface area contributed by atoms with E-state index in [1.54, 1.807) is 18.3 Å². The molecule has 0 aliphatic rings. The lowest BCUT2D eigenvalue weighted by atomic mass is 9.86. The predicted octanol–water partition coefficient (Wildman–Crippen LogP) is 2.90. The summed E-state index contributed by atoms with van der Waals surface area (Å²) >= 11 is 0. The van der Waals surface area contributed by atoms with E-state index in [-0.39, 0.29) is 11.2 Å². The highest BCUT2D eigenvalue weighted by molar-refractivity contribution is 5.84. The maximum atomic E-state index is 13.6. The van der Waals surface area contributed by atoms with E-state index in [1.165, 1.54) is 6.07 Å². The van der Waals surface area contributed by atoms with E-state index in [1.807, 2.05) is 6.07 Å². The number of nitrogens with two attached hydrogens (primary N) is 1. The van der Waals surface area contributed by atoms with Gasteiger partial charge in [-0.25, -0.2) is 4.39 Å². The van der Waals surface area contributed by atoms with Crippen molar-refractivity contribution in [3.05, 3.63) is 42.0 Å². The summed E-state index contributed by atoms with van der Waals surface area (Å²) in [5.41, 5.74) is 6.62. The van der Waals surface area contributed by atoms with Crippen LogP contribution in [0.3, 0.4) is 0 Å². The van der Waals surface area contributed by atoms with E-state index >= 15 is 0 Å². The summed E-state index contributed by atoms with van der Waals surface area (Å²) in [4.78, 5) is 4.36. The van der Waals surface area contributed by atoms with Crippen molar-refractivity contribution in [1.82, 2.24) is 4.98 Å². The van der Waals surface area contributed by atoms with Crippen LogP contribution in [0.1, 0.15) is 19.5 Å². The van der Waals surface area contributed by atoms with Crippen LogP contribution in [0.25, 0.3) is 10.8 Å². The second kappa shape index (κ2) is 4.41. The van der Waals surface area contributed by atoms with Gasteiger partial charge in [0.05, 0.1) is 0 Å². The molecule has 1 aromatic heterocycles. The molecule has 0 saturated heterocycles. The third kappa shape index (κ3) is 2.44. The van der Waals surface area contributed by atoms with Gasteiger partial charge in [-0.05, 0) is 30.5 Å². The predicted molar refractivity (Wildman–Crippen MR) is 68.2 cm³/mol. The average Bonchev–Trinajstić information content (AvgIpc) is 2.30. The van der Waals surface area contributed by atoms with E-state index in [4.69, 9.17) is 5.73 Å². The van der Waals surface area contributed by atoms with Gasteiger partial charge in [0.1, 0.15) is 5.82 Å². The topological polar surface area (TPSA) is 38.9 Å². The lowest BCUT2D eigenvalue weighted by Gasteiger charge is -2.22. The smallest absolute Gasteiger partial charge is 0.131 e. The summed E-state index contributed by atoms with van der Waals surface area (Å²) < 4.78 is 13.6. The first-order chi connectivity index (χ1) is 8.03. The van der Waals surface area contributed by atoms with Gasteiger partial charge in [0.2, 0.25) is 0 Å². The van der Waals surface area contributed by atoms with Gasteiger partial charge in [-0.1, -0.05) is 26.0 Å². The van der Waals surface area contributed by atoms with Crippen LogP contribution >= 0.6 is 0 Å². The van der Waals surface area contributed by atoms with Crippen molar-refractivity contribution < 1.29 is 4.39 Å². The molecule has 2 aromatic rings. The zero-order chi connectivity index (χ0) is 12.5. The van der Waals surface area contributed by atoms with Crippen LogP contribution in [-0.2, 0) is 6.42 Å². The number of hydrogen-bond donors (Lipinski definition) is 1. The third-order valence-electron chi connectivity index (χ3n) is 3.03. The molecule has 0 unspecified atom stereocenters. The molecule has 0 spiro atoms. The van der Waals surface area contributed by atoms with Gasteiger partial charge in [0.15, 0.2) is 0 Å². The molecule has 17 heavy (non-hydrogen) atoms. The largest absolute Gasteiger partial charge is 0.330 e. The van der Waals surface area contributed by atoms with Gasteiger partial charge in [0, 0.05) is 22.7 Å². The first-order valence-electron chi connectivity index (χ1n) is 5.76. The fourth-order valence-electron chi connectivity index (χ4n) is 1.90. The Morgan fingerprint density at radius 3 is 2.71 bits per heavy atom. The fraction of sp³-hybridized carbons (Fsp3) is 0.357. The molecule has 0 bridgehead atoms. The van der Waals surface area contributed by atoms with Gasteiger partial charge < -0.3 is 5.73 Å². The summed E-state index contributed by atoms with van der Waals surface area (Å²) in [6.45, 7) is 4.76. The Hall–Kier alpha value is -1.48. The van der Waals surface area contributed by atoms with Gasteiger partial charge in [0.25, 0.3) is 0 Å². The molecule has 2 N–H and O–H groups in total. The van der Waals surface area contributed by atoms with E-state index in [2.05, 4.69) is 18.8 Å².